The summed E-state index contributed by atoms with van der Waals surface area (Å²) >= 11 is 0. The van der Waals surface area contributed by atoms with Gasteiger partial charge >= 0.3 is 0 Å². The Hall–Kier alpha value is -2.08. The maximum Gasteiger partial charge on any atom is 0.262 e. The van der Waals surface area contributed by atoms with Gasteiger partial charge in [0.2, 0.25) is 0 Å². The van der Waals surface area contributed by atoms with Crippen LogP contribution in [0, 0.1) is 26.7 Å². The maximum atomic E-state index is 12.8. The van der Waals surface area contributed by atoms with Crippen molar-refractivity contribution in [1.82, 2.24) is 4.98 Å². The number of hydrogen-bond acceptors (Lipinski definition) is 4. The van der Waals surface area contributed by atoms with Gasteiger partial charge in [0, 0.05) is 13.1 Å². The van der Waals surface area contributed by atoms with Crippen LogP contribution < -0.4 is 9.62 Å². The lowest BCUT2D eigenvalue weighted by atomic mass is 10.0. The van der Waals surface area contributed by atoms with Gasteiger partial charge in [-0.25, -0.2) is 13.4 Å². The molecular weight excluding hydrogens is 346 g/mol. The summed E-state index contributed by atoms with van der Waals surface area (Å²) in [5.41, 5.74) is 3.04. The van der Waals surface area contributed by atoms with Gasteiger partial charge in [-0.2, -0.15) is 0 Å². The second kappa shape index (κ2) is 7.27. The quantitative estimate of drug-likeness (QED) is 0.878. The lowest BCUT2D eigenvalue weighted by Crippen LogP contribution is -2.34. The monoisotopic (exact) mass is 373 g/mol. The molecule has 1 aromatic carbocycles. The molecule has 26 heavy (non-hydrogen) atoms. The molecule has 0 amide bonds. The lowest BCUT2D eigenvalue weighted by molar-refractivity contribution is 0.444. The van der Waals surface area contributed by atoms with Gasteiger partial charge in [-0.3, -0.25) is 4.72 Å². The van der Waals surface area contributed by atoms with Crippen LogP contribution in [0.25, 0.3) is 0 Å². The van der Waals surface area contributed by atoms with Gasteiger partial charge in [-0.05, 0) is 62.8 Å². The molecule has 1 unspecified atom stereocenters. The Balaban J connectivity index is 1.80. The molecule has 0 aliphatic carbocycles. The van der Waals surface area contributed by atoms with E-state index >= 15 is 0 Å². The molecule has 5 nitrogen and oxygen atoms in total. The van der Waals surface area contributed by atoms with Crippen molar-refractivity contribution in [1.29, 1.82) is 0 Å². The van der Waals surface area contributed by atoms with Crippen LogP contribution >= 0.6 is 0 Å². The largest absolute Gasteiger partial charge is 0.356 e. The number of aromatic nitrogens is 1. The zero-order valence-electron chi connectivity index (χ0n) is 15.9. The van der Waals surface area contributed by atoms with Crippen LogP contribution in [-0.2, 0) is 10.0 Å². The van der Waals surface area contributed by atoms with E-state index in [1.165, 1.54) is 12.8 Å². The molecule has 0 radical (unpaired) electrons. The zero-order chi connectivity index (χ0) is 18.9. The zero-order valence-corrected chi connectivity index (χ0v) is 16.7. The minimum Gasteiger partial charge on any atom is -0.356 e. The van der Waals surface area contributed by atoms with Crippen LogP contribution in [0.3, 0.4) is 0 Å². The molecule has 1 aliphatic heterocycles. The molecule has 0 saturated carbocycles. The highest BCUT2D eigenvalue weighted by Gasteiger charge is 2.21. The Labute approximate surface area is 156 Å². The highest BCUT2D eigenvalue weighted by atomic mass is 32.2. The van der Waals surface area contributed by atoms with Crippen molar-refractivity contribution in [2.75, 3.05) is 22.7 Å². The van der Waals surface area contributed by atoms with Gasteiger partial charge in [0.05, 0.1) is 16.8 Å². The Bertz CT molecular complexity index is 869. The third-order valence-corrected chi connectivity index (χ3v) is 6.54. The van der Waals surface area contributed by atoms with Crippen molar-refractivity contribution in [3.63, 3.8) is 0 Å². The van der Waals surface area contributed by atoms with E-state index in [9.17, 15) is 8.42 Å². The highest BCUT2D eigenvalue weighted by Crippen LogP contribution is 2.26. The van der Waals surface area contributed by atoms with Gasteiger partial charge in [0.1, 0.15) is 5.82 Å². The van der Waals surface area contributed by atoms with Crippen LogP contribution in [0.5, 0.6) is 0 Å². The summed E-state index contributed by atoms with van der Waals surface area (Å²) in [7, 11) is -3.64. The van der Waals surface area contributed by atoms with E-state index < -0.39 is 10.0 Å². The number of rotatable bonds is 4. The summed E-state index contributed by atoms with van der Waals surface area (Å²) in [6.07, 6.45) is 4.03. The molecule has 1 saturated heterocycles. The van der Waals surface area contributed by atoms with Crippen molar-refractivity contribution < 1.29 is 8.42 Å². The predicted octanol–water partition coefficient (Wildman–Crippen LogP) is 4.04. The minimum atomic E-state index is -3.64. The molecule has 1 fully saturated rings. The third-order valence-electron chi connectivity index (χ3n) is 4.85. The van der Waals surface area contributed by atoms with Crippen molar-refractivity contribution in [2.45, 2.75) is 45.4 Å². The fourth-order valence-electron chi connectivity index (χ4n) is 3.83. The minimum absolute atomic E-state index is 0.344. The van der Waals surface area contributed by atoms with Crippen molar-refractivity contribution in [2.24, 2.45) is 5.92 Å². The standard InChI is InChI=1S/C20H27N3O2S/c1-14-6-5-9-23(13-14)19-8-7-18(12-21-19)22-26(24,25)20-16(3)10-15(2)11-17(20)4/h7-8,10-12,14,22H,5-6,9,13H2,1-4H3. The number of anilines is 2. The van der Waals surface area contributed by atoms with E-state index in [1.54, 1.807) is 12.3 Å². The Kier molecular flexibility index (Phi) is 5.23. The summed E-state index contributed by atoms with van der Waals surface area (Å²) < 4.78 is 28.3. The van der Waals surface area contributed by atoms with E-state index in [0.29, 0.717) is 16.5 Å². The summed E-state index contributed by atoms with van der Waals surface area (Å²) in [6.45, 7) is 9.87. The Morgan fingerprint density at radius 3 is 2.42 bits per heavy atom. The van der Waals surface area contributed by atoms with Crippen LogP contribution in [-0.4, -0.2) is 26.5 Å². The fourth-order valence-corrected chi connectivity index (χ4v) is 5.33. The van der Waals surface area contributed by atoms with E-state index in [4.69, 9.17) is 0 Å². The number of sulfonamides is 1. The molecule has 1 N–H and O–H groups in total. The summed E-state index contributed by atoms with van der Waals surface area (Å²) in [4.78, 5) is 7.08. The molecule has 0 spiro atoms. The maximum absolute atomic E-state index is 12.8. The molecule has 3 rings (SSSR count). The first kappa shape index (κ1) is 18.7. The van der Waals surface area contributed by atoms with Crippen molar-refractivity contribution in [3.05, 3.63) is 47.2 Å². The first-order chi connectivity index (χ1) is 12.3. The van der Waals surface area contributed by atoms with Gasteiger partial charge < -0.3 is 4.90 Å². The Morgan fingerprint density at radius 1 is 1.15 bits per heavy atom. The first-order valence-electron chi connectivity index (χ1n) is 9.08. The molecule has 140 valence electrons. The number of benzene rings is 1. The van der Waals surface area contributed by atoms with Gasteiger partial charge in [-0.1, -0.05) is 24.6 Å². The molecule has 2 heterocycles. The molecule has 1 atom stereocenters. The molecule has 6 heteroatoms. The fraction of sp³-hybridized carbons (Fsp3) is 0.450. The van der Waals surface area contributed by atoms with E-state index in [-0.39, 0.29) is 0 Å². The average molecular weight is 374 g/mol. The lowest BCUT2D eigenvalue weighted by Gasteiger charge is -2.31. The topological polar surface area (TPSA) is 62.3 Å². The molecule has 1 aliphatic rings. The second-order valence-corrected chi connectivity index (χ2v) is 9.05. The molecular formula is C20H27N3O2S. The summed E-state index contributed by atoms with van der Waals surface area (Å²) in [5, 5.41) is 0. The third kappa shape index (κ3) is 4.01. The van der Waals surface area contributed by atoms with E-state index in [0.717, 1.165) is 35.6 Å². The number of pyridine rings is 1. The van der Waals surface area contributed by atoms with Gasteiger partial charge in [0.25, 0.3) is 10.0 Å². The van der Waals surface area contributed by atoms with Gasteiger partial charge in [-0.15, -0.1) is 0 Å². The van der Waals surface area contributed by atoms with Crippen LogP contribution in [0.2, 0.25) is 0 Å². The van der Waals surface area contributed by atoms with E-state index in [2.05, 4.69) is 21.5 Å². The first-order valence-corrected chi connectivity index (χ1v) is 10.6. The second-order valence-electron chi connectivity index (χ2n) is 7.43. The molecule has 1 aromatic heterocycles. The van der Waals surface area contributed by atoms with Crippen LogP contribution in [0.1, 0.15) is 36.5 Å². The van der Waals surface area contributed by atoms with Crippen molar-refractivity contribution >= 4 is 21.5 Å². The summed E-state index contributed by atoms with van der Waals surface area (Å²) in [6, 6.07) is 7.46. The smallest absolute Gasteiger partial charge is 0.262 e. The molecule has 0 bridgehead atoms. The van der Waals surface area contributed by atoms with Crippen LogP contribution in [0.4, 0.5) is 11.5 Å². The van der Waals surface area contributed by atoms with E-state index in [1.807, 2.05) is 39.0 Å². The number of piperidine rings is 1. The SMILES string of the molecule is Cc1cc(C)c(S(=O)(=O)Nc2ccc(N3CCCC(C)C3)nc2)c(C)c1. The van der Waals surface area contributed by atoms with Gasteiger partial charge in [0.15, 0.2) is 0 Å². The highest BCUT2D eigenvalue weighted by molar-refractivity contribution is 7.92. The van der Waals surface area contributed by atoms with Crippen molar-refractivity contribution in [3.8, 4) is 0 Å². The number of nitrogens with zero attached hydrogens (tertiary/aromatic N) is 2. The summed E-state index contributed by atoms with van der Waals surface area (Å²) in [5.74, 6) is 1.57. The number of aryl methyl sites for hydroxylation is 3. The molecule has 2 aromatic rings. The number of hydrogen-bond donors (Lipinski definition) is 1. The van der Waals surface area contributed by atoms with Crippen LogP contribution in [0.15, 0.2) is 35.4 Å². The normalized spacial score (nSPS) is 18.0. The predicted molar refractivity (Wildman–Crippen MR) is 106 cm³/mol. The number of nitrogens with one attached hydrogen (secondary N) is 1. The average Bonchev–Trinajstić information content (AvgIpc) is 2.53. The Morgan fingerprint density at radius 2 is 1.85 bits per heavy atom.